The molecular weight excluding hydrogens is 496 g/mol. The highest BCUT2D eigenvalue weighted by atomic mass is 32.2. The molecule has 3 aromatic carbocycles. The van der Waals surface area contributed by atoms with Crippen molar-refractivity contribution in [2.45, 2.75) is 33.1 Å². The van der Waals surface area contributed by atoms with Gasteiger partial charge in [0.15, 0.2) is 0 Å². The Balaban J connectivity index is 1.36. The number of carbonyl (C=O) groups is 1. The average Bonchev–Trinajstić information content (AvgIpc) is 2.90. The molecule has 38 heavy (non-hydrogen) atoms. The molecule has 0 aliphatic carbocycles. The summed E-state index contributed by atoms with van der Waals surface area (Å²) in [6.45, 7) is 11.7. The number of nitrogens with zero attached hydrogens (tertiary/aromatic N) is 3. The third kappa shape index (κ3) is 7.08. The fourth-order valence-corrected chi connectivity index (χ4v) is 5.34. The number of piperazine rings is 1. The second-order valence-corrected chi connectivity index (χ2v) is 10.6. The van der Waals surface area contributed by atoms with Gasteiger partial charge in [0.25, 0.3) is 0 Å². The first-order chi connectivity index (χ1) is 18.3. The van der Waals surface area contributed by atoms with Crippen LogP contribution in [0.5, 0.6) is 0 Å². The summed E-state index contributed by atoms with van der Waals surface area (Å²) in [5.41, 5.74) is 6.66. The van der Waals surface area contributed by atoms with E-state index in [0.717, 1.165) is 50.3 Å². The lowest BCUT2D eigenvalue weighted by atomic mass is 9.89. The van der Waals surface area contributed by atoms with E-state index in [-0.39, 0.29) is 11.6 Å². The number of amides is 1. The van der Waals surface area contributed by atoms with Crippen LogP contribution in [0.1, 0.15) is 40.2 Å². The Hall–Kier alpha value is -3.49. The van der Waals surface area contributed by atoms with Gasteiger partial charge in [-0.2, -0.15) is 8.42 Å². The third-order valence-electron chi connectivity index (χ3n) is 7.12. The van der Waals surface area contributed by atoms with Gasteiger partial charge in [-0.05, 0) is 68.1 Å². The largest absolute Gasteiger partial charge is 0.369 e. The van der Waals surface area contributed by atoms with E-state index in [4.69, 9.17) is 0 Å². The summed E-state index contributed by atoms with van der Waals surface area (Å²) in [7, 11) is -2.61. The van der Waals surface area contributed by atoms with E-state index in [0.29, 0.717) is 12.1 Å². The van der Waals surface area contributed by atoms with Gasteiger partial charge in [-0.15, -0.1) is 4.36 Å². The zero-order valence-corrected chi connectivity index (χ0v) is 23.2. The second kappa shape index (κ2) is 12.8. The lowest BCUT2D eigenvalue weighted by Gasteiger charge is -2.37. The summed E-state index contributed by atoms with van der Waals surface area (Å²) in [4.78, 5) is 18.4. The molecule has 1 fully saturated rings. The molecule has 1 aliphatic rings. The second-order valence-electron chi connectivity index (χ2n) is 9.97. The number of anilines is 1. The summed E-state index contributed by atoms with van der Waals surface area (Å²) in [5, 5.41) is 3.09. The van der Waals surface area contributed by atoms with Crippen molar-refractivity contribution >= 4 is 27.8 Å². The number of benzene rings is 3. The molecule has 0 aromatic heterocycles. The highest BCUT2D eigenvalue weighted by Gasteiger charge is 2.25. The van der Waals surface area contributed by atoms with Crippen LogP contribution in [0.15, 0.2) is 71.1 Å². The predicted molar refractivity (Wildman–Crippen MR) is 153 cm³/mol. The number of hydrogen-bond donors (Lipinski definition) is 1. The SMILES string of the molecule is Cc1ccc(C(C(=O)NCCCN2CCN(c3cc(C)ccc3C)CC2)c2ccccc2N=S(=O)=O)cc1. The van der Waals surface area contributed by atoms with E-state index in [1.165, 1.54) is 16.8 Å². The summed E-state index contributed by atoms with van der Waals surface area (Å²) in [6, 6.07) is 21.3. The van der Waals surface area contributed by atoms with Crippen LogP contribution >= 0.6 is 0 Å². The number of aryl methyl sites for hydroxylation is 3. The van der Waals surface area contributed by atoms with E-state index in [2.05, 4.69) is 51.5 Å². The van der Waals surface area contributed by atoms with Crippen molar-refractivity contribution in [2.75, 3.05) is 44.2 Å². The van der Waals surface area contributed by atoms with Crippen molar-refractivity contribution in [3.63, 3.8) is 0 Å². The minimum Gasteiger partial charge on any atom is -0.369 e. The molecule has 1 saturated heterocycles. The van der Waals surface area contributed by atoms with Gasteiger partial charge in [0, 0.05) is 38.4 Å². The van der Waals surface area contributed by atoms with E-state index < -0.39 is 16.4 Å². The molecule has 1 heterocycles. The molecule has 1 amide bonds. The summed E-state index contributed by atoms with van der Waals surface area (Å²) in [5.74, 6) is -0.812. The smallest absolute Gasteiger partial charge is 0.316 e. The fraction of sp³-hybridized carbons (Fsp3) is 0.367. The minimum atomic E-state index is -2.61. The van der Waals surface area contributed by atoms with Gasteiger partial charge < -0.3 is 10.2 Å². The molecule has 7 nitrogen and oxygen atoms in total. The summed E-state index contributed by atoms with van der Waals surface area (Å²) in [6.07, 6.45) is 0.840. The van der Waals surface area contributed by atoms with E-state index in [9.17, 15) is 13.2 Å². The van der Waals surface area contributed by atoms with Gasteiger partial charge in [0.2, 0.25) is 5.91 Å². The number of rotatable bonds is 9. The maximum Gasteiger partial charge on any atom is 0.316 e. The van der Waals surface area contributed by atoms with E-state index in [1.807, 2.05) is 31.2 Å². The standard InChI is InChI=1S/C30H36N4O3S/c1-22-10-13-25(14-11-22)29(26-7-4-5-8-27(26)32-38(36)37)30(35)31-15-6-16-33-17-19-34(20-18-33)28-21-23(2)9-12-24(28)3/h4-5,7-14,21,29H,6,15-20H2,1-3H3,(H,31,35). The van der Waals surface area contributed by atoms with Crippen LogP contribution in [0.3, 0.4) is 0 Å². The Morgan fingerprint density at radius 2 is 1.61 bits per heavy atom. The molecule has 1 unspecified atom stereocenters. The maximum absolute atomic E-state index is 13.5. The number of carbonyl (C=O) groups excluding carboxylic acids is 1. The Morgan fingerprint density at radius 3 is 2.32 bits per heavy atom. The average molecular weight is 533 g/mol. The summed E-state index contributed by atoms with van der Waals surface area (Å²) < 4.78 is 26.4. The van der Waals surface area contributed by atoms with Gasteiger partial charge in [-0.3, -0.25) is 9.69 Å². The highest BCUT2D eigenvalue weighted by molar-refractivity contribution is 7.61. The van der Waals surface area contributed by atoms with Gasteiger partial charge in [-0.25, -0.2) is 0 Å². The molecular formula is C30H36N4O3S. The Kier molecular flexibility index (Phi) is 9.31. The molecule has 1 atom stereocenters. The van der Waals surface area contributed by atoms with E-state index in [1.54, 1.807) is 24.3 Å². The van der Waals surface area contributed by atoms with Crippen LogP contribution in [0.4, 0.5) is 11.4 Å². The predicted octanol–water partition coefficient (Wildman–Crippen LogP) is 4.77. The zero-order chi connectivity index (χ0) is 27.1. The molecule has 0 saturated carbocycles. The summed E-state index contributed by atoms with van der Waals surface area (Å²) >= 11 is 0. The molecule has 0 bridgehead atoms. The molecule has 4 rings (SSSR count). The van der Waals surface area contributed by atoms with Crippen molar-refractivity contribution < 1.29 is 13.2 Å². The Bertz CT molecular complexity index is 1390. The molecule has 0 radical (unpaired) electrons. The van der Waals surface area contributed by atoms with Crippen LogP contribution < -0.4 is 10.2 Å². The quantitative estimate of drug-likeness (QED) is 0.402. The first-order valence-corrected chi connectivity index (χ1v) is 14.1. The Labute approximate surface area is 227 Å². The topological polar surface area (TPSA) is 82.1 Å². The number of hydrogen-bond acceptors (Lipinski definition) is 6. The third-order valence-corrected chi connectivity index (χ3v) is 7.47. The van der Waals surface area contributed by atoms with Gasteiger partial charge >= 0.3 is 10.5 Å². The van der Waals surface area contributed by atoms with Crippen molar-refractivity contribution in [3.05, 3.63) is 94.5 Å². The van der Waals surface area contributed by atoms with Crippen LogP contribution in [-0.2, 0) is 15.3 Å². The van der Waals surface area contributed by atoms with Crippen LogP contribution in [0, 0.1) is 20.8 Å². The van der Waals surface area contributed by atoms with Crippen molar-refractivity contribution in [1.82, 2.24) is 10.2 Å². The molecule has 1 aliphatic heterocycles. The van der Waals surface area contributed by atoms with Crippen molar-refractivity contribution in [2.24, 2.45) is 4.36 Å². The highest BCUT2D eigenvalue weighted by Crippen LogP contribution is 2.32. The van der Waals surface area contributed by atoms with E-state index >= 15 is 0 Å². The zero-order valence-electron chi connectivity index (χ0n) is 22.4. The van der Waals surface area contributed by atoms with Crippen LogP contribution in [0.2, 0.25) is 0 Å². The lowest BCUT2D eigenvalue weighted by Crippen LogP contribution is -2.47. The number of nitrogens with one attached hydrogen (secondary N) is 1. The Morgan fingerprint density at radius 1 is 0.921 bits per heavy atom. The van der Waals surface area contributed by atoms with Crippen molar-refractivity contribution in [1.29, 1.82) is 0 Å². The minimum absolute atomic E-state index is 0.159. The molecule has 0 spiro atoms. The van der Waals surface area contributed by atoms with Crippen LogP contribution in [0.25, 0.3) is 0 Å². The lowest BCUT2D eigenvalue weighted by molar-refractivity contribution is -0.121. The van der Waals surface area contributed by atoms with Crippen LogP contribution in [-0.4, -0.2) is 58.5 Å². The first kappa shape index (κ1) is 27.5. The molecule has 1 N–H and O–H groups in total. The van der Waals surface area contributed by atoms with Crippen molar-refractivity contribution in [3.8, 4) is 0 Å². The fourth-order valence-electron chi connectivity index (χ4n) is 5.01. The monoisotopic (exact) mass is 532 g/mol. The molecule has 3 aromatic rings. The van der Waals surface area contributed by atoms with Gasteiger partial charge in [-0.1, -0.05) is 60.2 Å². The van der Waals surface area contributed by atoms with Gasteiger partial charge in [0.05, 0.1) is 11.6 Å². The molecule has 200 valence electrons. The first-order valence-electron chi connectivity index (χ1n) is 13.1. The maximum atomic E-state index is 13.5. The molecule has 8 heteroatoms. The normalized spacial score (nSPS) is 14.7. The van der Waals surface area contributed by atoms with Gasteiger partial charge in [0.1, 0.15) is 0 Å².